The van der Waals surface area contributed by atoms with E-state index in [0.29, 0.717) is 10.6 Å². The van der Waals surface area contributed by atoms with Gasteiger partial charge in [0.15, 0.2) is 9.84 Å². The van der Waals surface area contributed by atoms with E-state index in [1.807, 2.05) is 0 Å². The van der Waals surface area contributed by atoms with E-state index in [1.54, 1.807) is 24.3 Å². The van der Waals surface area contributed by atoms with Crippen molar-refractivity contribution in [1.29, 1.82) is 0 Å². The summed E-state index contributed by atoms with van der Waals surface area (Å²) in [4.78, 5) is 12.1. The van der Waals surface area contributed by atoms with Gasteiger partial charge in [0.1, 0.15) is 5.41 Å². The molecule has 1 N–H and O–H groups in total. The first-order chi connectivity index (χ1) is 12.2. The van der Waals surface area contributed by atoms with Crippen molar-refractivity contribution >= 4 is 43.3 Å². The monoisotopic (exact) mass is 458 g/mol. The van der Waals surface area contributed by atoms with E-state index in [2.05, 4.69) is 15.9 Å². The Morgan fingerprint density at radius 1 is 1.19 bits per heavy atom. The summed E-state index contributed by atoms with van der Waals surface area (Å²) < 4.78 is 32.3. The molecule has 5 nitrogen and oxygen atoms in total. The molecule has 8 heteroatoms. The van der Waals surface area contributed by atoms with Crippen LogP contribution in [0.4, 0.5) is 0 Å². The summed E-state index contributed by atoms with van der Waals surface area (Å²) in [5, 5.41) is 9.16. The van der Waals surface area contributed by atoms with Gasteiger partial charge >= 0.3 is 5.97 Å². The minimum absolute atomic E-state index is 0.0493. The fourth-order valence-electron chi connectivity index (χ4n) is 3.50. The van der Waals surface area contributed by atoms with Gasteiger partial charge in [-0.05, 0) is 42.0 Å². The standard InChI is InChI=1S/C18H16BrClO5S/c1-25-10-18(17(21)22)15(11-2-4-12(19)5-3-11)16(18)26(23,24)14-8-6-13(20)7-9-14/h2-9,15-16H,10H2,1H3,(H,21,22)/t15-,16+,18+/m1/s1. The van der Waals surface area contributed by atoms with Crippen molar-refractivity contribution in [3.05, 3.63) is 63.6 Å². The van der Waals surface area contributed by atoms with Crippen LogP contribution in [0.2, 0.25) is 5.02 Å². The molecule has 0 unspecified atom stereocenters. The molecule has 0 bridgehead atoms. The zero-order chi connectivity index (χ0) is 19.1. The summed E-state index contributed by atoms with van der Waals surface area (Å²) in [6.45, 7) is -0.194. The van der Waals surface area contributed by atoms with E-state index in [9.17, 15) is 18.3 Å². The molecule has 0 amide bonds. The largest absolute Gasteiger partial charge is 0.481 e. The van der Waals surface area contributed by atoms with Crippen LogP contribution in [-0.4, -0.2) is 38.5 Å². The summed E-state index contributed by atoms with van der Waals surface area (Å²) in [7, 11) is -2.53. The first kappa shape index (κ1) is 19.4. The van der Waals surface area contributed by atoms with Crippen LogP contribution < -0.4 is 0 Å². The molecule has 0 saturated heterocycles. The van der Waals surface area contributed by atoms with Gasteiger partial charge in [0, 0.05) is 22.5 Å². The Balaban J connectivity index is 2.11. The van der Waals surface area contributed by atoms with Gasteiger partial charge in [-0.2, -0.15) is 0 Å². The smallest absolute Gasteiger partial charge is 0.314 e. The molecule has 2 aromatic carbocycles. The number of carbonyl (C=O) groups is 1. The van der Waals surface area contributed by atoms with E-state index < -0.39 is 32.4 Å². The molecular weight excluding hydrogens is 444 g/mol. The molecule has 138 valence electrons. The summed E-state index contributed by atoms with van der Waals surface area (Å²) in [5.74, 6) is -1.89. The summed E-state index contributed by atoms with van der Waals surface area (Å²) >= 11 is 9.17. The van der Waals surface area contributed by atoms with Gasteiger partial charge in [-0.1, -0.05) is 39.7 Å². The Morgan fingerprint density at radius 3 is 2.27 bits per heavy atom. The summed E-state index contributed by atoms with van der Waals surface area (Å²) in [6, 6.07) is 12.7. The van der Waals surface area contributed by atoms with E-state index in [1.165, 1.54) is 31.4 Å². The number of benzene rings is 2. The molecule has 1 saturated carbocycles. The van der Waals surface area contributed by atoms with E-state index >= 15 is 0 Å². The Labute approximate surface area is 165 Å². The lowest BCUT2D eigenvalue weighted by atomic mass is 10.0. The highest BCUT2D eigenvalue weighted by molar-refractivity contribution is 9.10. The van der Waals surface area contributed by atoms with Crippen molar-refractivity contribution < 1.29 is 23.1 Å². The van der Waals surface area contributed by atoms with Crippen molar-refractivity contribution in [2.45, 2.75) is 16.1 Å². The minimum atomic E-state index is -3.90. The second kappa shape index (κ2) is 6.96. The number of carboxylic acids is 1. The Hall–Kier alpha value is -1.41. The minimum Gasteiger partial charge on any atom is -0.481 e. The molecule has 1 aliphatic carbocycles. The SMILES string of the molecule is COC[C@]1(C(=O)O)[C@H](c2ccc(Br)cc2)[C@@H]1S(=O)(=O)c1ccc(Cl)cc1. The molecular formula is C18H16BrClO5S. The predicted molar refractivity (Wildman–Crippen MR) is 101 cm³/mol. The maximum atomic E-state index is 13.2. The van der Waals surface area contributed by atoms with Crippen LogP contribution >= 0.6 is 27.5 Å². The number of methoxy groups -OCH3 is 1. The van der Waals surface area contributed by atoms with Crippen LogP contribution in [-0.2, 0) is 19.4 Å². The highest BCUT2D eigenvalue weighted by atomic mass is 79.9. The lowest BCUT2D eigenvalue weighted by molar-refractivity contribution is -0.145. The van der Waals surface area contributed by atoms with Crippen LogP contribution in [0.25, 0.3) is 0 Å². The maximum Gasteiger partial charge on any atom is 0.314 e. The number of rotatable bonds is 6. The topological polar surface area (TPSA) is 80.7 Å². The quantitative estimate of drug-likeness (QED) is 0.711. The van der Waals surface area contributed by atoms with Gasteiger partial charge in [0.2, 0.25) is 0 Å². The fraction of sp³-hybridized carbons (Fsp3) is 0.278. The van der Waals surface area contributed by atoms with E-state index in [0.717, 1.165) is 4.47 Å². The Kier molecular flexibility index (Phi) is 5.18. The first-order valence-corrected chi connectivity index (χ1v) is 10.4. The van der Waals surface area contributed by atoms with Crippen LogP contribution in [0.15, 0.2) is 57.9 Å². The molecule has 1 aliphatic rings. The molecule has 0 radical (unpaired) electrons. The maximum absolute atomic E-state index is 13.2. The second-order valence-corrected chi connectivity index (χ2v) is 9.65. The highest BCUT2D eigenvalue weighted by Gasteiger charge is 2.76. The molecule has 0 heterocycles. The first-order valence-electron chi connectivity index (χ1n) is 7.72. The third-order valence-electron chi connectivity index (χ3n) is 4.74. The molecule has 3 atom stereocenters. The van der Waals surface area contributed by atoms with Crippen molar-refractivity contribution in [3.8, 4) is 0 Å². The zero-order valence-electron chi connectivity index (χ0n) is 13.7. The number of ether oxygens (including phenoxy) is 1. The summed E-state index contributed by atoms with van der Waals surface area (Å²) in [6.07, 6.45) is 0. The third kappa shape index (κ3) is 3.07. The molecule has 0 spiro atoms. The molecule has 3 rings (SSSR count). The number of carboxylic acid groups (broad SMARTS) is 1. The van der Waals surface area contributed by atoms with Crippen LogP contribution in [0.1, 0.15) is 11.5 Å². The third-order valence-corrected chi connectivity index (χ3v) is 7.81. The van der Waals surface area contributed by atoms with Gasteiger partial charge in [0.05, 0.1) is 16.8 Å². The number of halogens is 2. The van der Waals surface area contributed by atoms with Gasteiger partial charge in [-0.3, -0.25) is 4.79 Å². The lowest BCUT2D eigenvalue weighted by Gasteiger charge is -2.12. The van der Waals surface area contributed by atoms with Crippen LogP contribution in [0.3, 0.4) is 0 Å². The fourth-order valence-corrected chi connectivity index (χ4v) is 6.25. The number of aliphatic carboxylic acids is 1. The van der Waals surface area contributed by atoms with Crippen molar-refractivity contribution in [2.75, 3.05) is 13.7 Å². The van der Waals surface area contributed by atoms with Gasteiger partial charge in [-0.25, -0.2) is 8.42 Å². The molecule has 1 fully saturated rings. The normalized spacial score (nSPS) is 25.0. The molecule has 2 aromatic rings. The van der Waals surface area contributed by atoms with Crippen molar-refractivity contribution in [3.63, 3.8) is 0 Å². The number of hydrogen-bond acceptors (Lipinski definition) is 4. The average molecular weight is 460 g/mol. The Morgan fingerprint density at radius 2 is 1.77 bits per heavy atom. The van der Waals surface area contributed by atoms with E-state index in [4.69, 9.17) is 16.3 Å². The zero-order valence-corrected chi connectivity index (χ0v) is 16.9. The predicted octanol–water partition coefficient (Wildman–Crippen LogP) is 3.76. The van der Waals surface area contributed by atoms with E-state index in [-0.39, 0.29) is 11.5 Å². The number of hydrogen-bond donors (Lipinski definition) is 1. The van der Waals surface area contributed by atoms with Crippen LogP contribution in [0.5, 0.6) is 0 Å². The molecule has 0 aliphatic heterocycles. The second-order valence-electron chi connectivity index (χ2n) is 6.23. The molecule has 26 heavy (non-hydrogen) atoms. The Bertz CT molecular complexity index is 927. The highest BCUT2D eigenvalue weighted by Crippen LogP contribution is 2.64. The average Bonchev–Trinajstić information content (AvgIpc) is 3.27. The molecule has 0 aromatic heterocycles. The van der Waals surface area contributed by atoms with Crippen molar-refractivity contribution in [2.24, 2.45) is 5.41 Å². The number of sulfone groups is 1. The van der Waals surface area contributed by atoms with Gasteiger partial charge < -0.3 is 9.84 Å². The summed E-state index contributed by atoms with van der Waals surface area (Å²) in [5.41, 5.74) is -0.878. The van der Waals surface area contributed by atoms with Gasteiger partial charge in [0.25, 0.3) is 0 Å². The van der Waals surface area contributed by atoms with Gasteiger partial charge in [-0.15, -0.1) is 0 Å². The van der Waals surface area contributed by atoms with Crippen molar-refractivity contribution in [1.82, 2.24) is 0 Å². The lowest BCUT2D eigenvalue weighted by Crippen LogP contribution is -2.28. The van der Waals surface area contributed by atoms with Crippen LogP contribution in [0, 0.1) is 5.41 Å².